The van der Waals surface area contributed by atoms with Crippen LogP contribution in [0.4, 0.5) is 5.82 Å². The molecule has 3 N–H and O–H groups in total. The molecule has 0 bridgehead atoms. The number of hydrogen-bond donors (Lipinski definition) is 2. The fourth-order valence-electron chi connectivity index (χ4n) is 3.42. The average molecular weight is 440 g/mol. The van der Waals surface area contributed by atoms with Crippen LogP contribution in [0.25, 0.3) is 11.2 Å². The molecular weight excluding hydrogens is 411 g/mol. The number of imidazole rings is 1. The zero-order chi connectivity index (χ0) is 22.1. The number of aromatic nitrogens is 4. The van der Waals surface area contributed by atoms with E-state index in [-0.39, 0.29) is 31.0 Å². The molecule has 166 valence electrons. The maximum Gasteiger partial charge on any atom is 0.323 e. The van der Waals surface area contributed by atoms with Crippen molar-refractivity contribution in [1.29, 1.82) is 0 Å². The molecule has 5 unspecified atom stereocenters. The molecule has 3 heterocycles. The second kappa shape index (κ2) is 8.97. The third-order valence-corrected chi connectivity index (χ3v) is 6.25. The van der Waals surface area contributed by atoms with E-state index in [0.717, 1.165) is 0 Å². The van der Waals surface area contributed by atoms with Crippen LogP contribution >= 0.6 is 7.52 Å². The Morgan fingerprint density at radius 3 is 2.83 bits per heavy atom. The van der Waals surface area contributed by atoms with Gasteiger partial charge in [0.2, 0.25) is 0 Å². The largest absolute Gasteiger partial charge is 0.462 e. The number of fused-ring (bicyclic) bond motifs is 1. The zero-order valence-corrected chi connectivity index (χ0v) is 18.7. The topological polar surface area (TPSA) is 143 Å². The van der Waals surface area contributed by atoms with Crippen LogP contribution < -0.4 is 10.8 Å². The summed E-state index contributed by atoms with van der Waals surface area (Å²) >= 11 is 0. The van der Waals surface area contributed by atoms with Gasteiger partial charge in [-0.05, 0) is 27.2 Å². The number of rotatable bonds is 8. The lowest BCUT2D eigenvalue weighted by Crippen LogP contribution is -2.35. The molecule has 0 amide bonds. The molecule has 2 aromatic heterocycles. The van der Waals surface area contributed by atoms with E-state index < -0.39 is 19.5 Å². The maximum atomic E-state index is 12.7. The van der Waals surface area contributed by atoms with Gasteiger partial charge in [0.25, 0.3) is 7.52 Å². The molecule has 3 rings (SSSR count). The minimum absolute atomic E-state index is 0.122. The van der Waals surface area contributed by atoms with Crippen LogP contribution in [0.15, 0.2) is 12.7 Å². The van der Waals surface area contributed by atoms with E-state index in [4.69, 9.17) is 19.7 Å². The van der Waals surface area contributed by atoms with Gasteiger partial charge in [0, 0.05) is 12.6 Å². The predicted molar refractivity (Wildman–Crippen MR) is 111 cm³/mol. The normalized spacial score (nSPS) is 24.8. The first kappa shape index (κ1) is 22.6. The third kappa shape index (κ3) is 5.15. The summed E-state index contributed by atoms with van der Waals surface area (Å²) in [5, 5.41) is 2.72. The summed E-state index contributed by atoms with van der Waals surface area (Å²) in [6.07, 6.45) is 2.91. The van der Waals surface area contributed by atoms with Crippen molar-refractivity contribution in [3.05, 3.63) is 12.7 Å². The van der Waals surface area contributed by atoms with Crippen molar-refractivity contribution in [1.82, 2.24) is 24.6 Å². The van der Waals surface area contributed by atoms with E-state index in [0.29, 0.717) is 23.4 Å². The number of carbonyl (C=O) groups is 1. The monoisotopic (exact) mass is 440 g/mol. The summed E-state index contributed by atoms with van der Waals surface area (Å²) in [6.45, 7) is 8.71. The van der Waals surface area contributed by atoms with Gasteiger partial charge in [0.1, 0.15) is 24.1 Å². The molecule has 0 aromatic carbocycles. The fourth-order valence-corrected chi connectivity index (χ4v) is 4.76. The first-order valence-corrected chi connectivity index (χ1v) is 11.9. The smallest absolute Gasteiger partial charge is 0.323 e. The van der Waals surface area contributed by atoms with E-state index in [9.17, 15) is 9.36 Å². The van der Waals surface area contributed by atoms with Gasteiger partial charge >= 0.3 is 5.97 Å². The lowest BCUT2D eigenvalue weighted by atomic mass is 10.1. The third-order valence-electron chi connectivity index (χ3n) is 4.75. The number of esters is 1. The van der Waals surface area contributed by atoms with Crippen molar-refractivity contribution < 1.29 is 23.4 Å². The molecule has 1 saturated heterocycles. The number of carbonyl (C=O) groups excluding carboxylic acids is 1. The van der Waals surface area contributed by atoms with Crippen LogP contribution in [-0.2, 0) is 23.4 Å². The predicted octanol–water partition coefficient (Wildman–Crippen LogP) is 2.10. The fraction of sp³-hybridized carbons (Fsp3) is 0.667. The summed E-state index contributed by atoms with van der Waals surface area (Å²) in [6, 6.07) is -0.748. The van der Waals surface area contributed by atoms with Gasteiger partial charge in [-0.25, -0.2) is 20.0 Å². The maximum absolute atomic E-state index is 12.7. The number of nitrogens with one attached hydrogen (secondary N) is 1. The van der Waals surface area contributed by atoms with E-state index in [1.165, 1.54) is 13.0 Å². The van der Waals surface area contributed by atoms with Crippen LogP contribution in [0.5, 0.6) is 0 Å². The highest BCUT2D eigenvalue weighted by Crippen LogP contribution is 2.41. The molecule has 1 fully saturated rings. The Hall–Kier alpha value is -2.07. The van der Waals surface area contributed by atoms with Crippen molar-refractivity contribution in [2.24, 2.45) is 5.92 Å². The second-order valence-electron chi connectivity index (χ2n) is 7.92. The van der Waals surface area contributed by atoms with E-state index in [1.807, 2.05) is 4.57 Å². The van der Waals surface area contributed by atoms with Gasteiger partial charge in [-0.1, -0.05) is 6.92 Å². The molecule has 11 nitrogen and oxygen atoms in total. The van der Waals surface area contributed by atoms with Gasteiger partial charge in [-0.2, -0.15) is 0 Å². The summed E-state index contributed by atoms with van der Waals surface area (Å²) in [5.74, 6) is -0.0153. The lowest BCUT2D eigenvalue weighted by molar-refractivity contribution is -0.149. The quantitative estimate of drug-likeness (QED) is 0.462. The minimum Gasteiger partial charge on any atom is -0.462 e. The number of nitrogens with two attached hydrogens (primary N) is 1. The number of nitrogens with zero attached hydrogens (tertiary/aromatic N) is 4. The van der Waals surface area contributed by atoms with Gasteiger partial charge in [-0.3, -0.25) is 13.9 Å². The molecule has 5 atom stereocenters. The van der Waals surface area contributed by atoms with Crippen molar-refractivity contribution in [3.63, 3.8) is 0 Å². The number of anilines is 1. The van der Waals surface area contributed by atoms with Gasteiger partial charge in [-0.15, -0.1) is 0 Å². The summed E-state index contributed by atoms with van der Waals surface area (Å²) in [7, 11) is -3.23. The highest BCUT2D eigenvalue weighted by molar-refractivity contribution is 7.56. The SMILES string of the molecule is CC(C)OC(=O)C(C)NP(C)(=O)OCC1CC(C)C(n2cnc3c(N)ncnc32)O1. The van der Waals surface area contributed by atoms with Crippen molar-refractivity contribution in [2.75, 3.05) is 19.0 Å². The molecule has 12 heteroatoms. The number of nitrogen functional groups attached to an aromatic ring is 1. The number of hydrogen-bond acceptors (Lipinski definition) is 9. The van der Waals surface area contributed by atoms with E-state index >= 15 is 0 Å². The Kier molecular flexibility index (Phi) is 6.76. The molecule has 0 aliphatic carbocycles. The van der Waals surface area contributed by atoms with Gasteiger partial charge < -0.3 is 19.7 Å². The molecule has 0 saturated carbocycles. The van der Waals surface area contributed by atoms with E-state index in [2.05, 4.69) is 27.0 Å². The van der Waals surface area contributed by atoms with Gasteiger partial charge in [0.05, 0.1) is 25.1 Å². The lowest BCUT2D eigenvalue weighted by Gasteiger charge is -2.22. The molecule has 0 spiro atoms. The molecule has 1 aliphatic heterocycles. The van der Waals surface area contributed by atoms with Gasteiger partial charge in [0.15, 0.2) is 11.5 Å². The van der Waals surface area contributed by atoms with Crippen molar-refractivity contribution in [2.45, 2.75) is 58.6 Å². The summed E-state index contributed by atoms with van der Waals surface area (Å²) in [5.41, 5.74) is 6.98. The van der Waals surface area contributed by atoms with Crippen molar-refractivity contribution >= 4 is 30.5 Å². The average Bonchev–Trinajstić information content (AvgIpc) is 3.23. The molecule has 0 radical (unpaired) electrons. The van der Waals surface area contributed by atoms with E-state index in [1.54, 1.807) is 27.1 Å². The Bertz CT molecular complexity index is 950. The Balaban J connectivity index is 1.59. The number of ether oxygens (including phenoxy) is 2. The highest BCUT2D eigenvalue weighted by atomic mass is 31.2. The molecule has 2 aromatic rings. The Morgan fingerprint density at radius 2 is 2.13 bits per heavy atom. The van der Waals surface area contributed by atoms with Crippen LogP contribution in [0.3, 0.4) is 0 Å². The summed E-state index contributed by atoms with van der Waals surface area (Å²) in [4.78, 5) is 24.4. The summed E-state index contributed by atoms with van der Waals surface area (Å²) < 4.78 is 31.4. The Labute approximate surface area is 175 Å². The standard InChI is InChI=1S/C18H29N6O5P/c1-10(2)28-18(25)12(4)23-30(5,26)27-7-13-6-11(3)17(29-13)24-9-22-14-15(19)20-8-21-16(14)24/h8-13,17H,6-7H2,1-5H3,(H,23,26)(H2,19,20,21). The van der Waals surface area contributed by atoms with Crippen LogP contribution in [0, 0.1) is 5.92 Å². The first-order valence-electron chi connectivity index (χ1n) is 9.86. The molecular formula is C18H29N6O5P. The van der Waals surface area contributed by atoms with Crippen LogP contribution in [0.1, 0.15) is 40.3 Å². The second-order valence-corrected chi connectivity index (χ2v) is 10.1. The highest BCUT2D eigenvalue weighted by Gasteiger charge is 2.36. The van der Waals surface area contributed by atoms with Crippen LogP contribution in [-0.4, -0.2) is 57.0 Å². The molecule has 1 aliphatic rings. The minimum atomic E-state index is -3.23. The van der Waals surface area contributed by atoms with Crippen molar-refractivity contribution in [3.8, 4) is 0 Å². The van der Waals surface area contributed by atoms with Crippen LogP contribution in [0.2, 0.25) is 0 Å². The molecule has 30 heavy (non-hydrogen) atoms. The Morgan fingerprint density at radius 1 is 1.40 bits per heavy atom. The zero-order valence-electron chi connectivity index (χ0n) is 17.8. The first-order chi connectivity index (χ1) is 14.1.